The van der Waals surface area contributed by atoms with Gasteiger partial charge in [-0.05, 0) is 25.3 Å². The SMILES string of the molecule is CCCC1COC(CCc2cccc(C)c2)(Cn2ccnc2)O1. The molecule has 23 heavy (non-hydrogen) atoms. The summed E-state index contributed by atoms with van der Waals surface area (Å²) in [5, 5.41) is 0. The number of hydrogen-bond donors (Lipinski definition) is 0. The lowest BCUT2D eigenvalue weighted by Gasteiger charge is -2.28. The topological polar surface area (TPSA) is 36.3 Å². The van der Waals surface area contributed by atoms with Gasteiger partial charge in [0.25, 0.3) is 0 Å². The predicted octanol–water partition coefficient (Wildman–Crippen LogP) is 3.74. The molecule has 2 unspecified atom stereocenters. The van der Waals surface area contributed by atoms with Gasteiger partial charge in [0.1, 0.15) is 0 Å². The molecule has 2 heterocycles. The first-order valence-electron chi connectivity index (χ1n) is 8.52. The van der Waals surface area contributed by atoms with Gasteiger partial charge >= 0.3 is 0 Å². The molecule has 2 aromatic rings. The van der Waals surface area contributed by atoms with Crippen LogP contribution in [0.15, 0.2) is 43.0 Å². The molecular formula is C19H26N2O2. The largest absolute Gasteiger partial charge is 0.345 e. The summed E-state index contributed by atoms with van der Waals surface area (Å²) < 4.78 is 14.6. The van der Waals surface area contributed by atoms with Crippen LogP contribution in [0.3, 0.4) is 0 Å². The van der Waals surface area contributed by atoms with Gasteiger partial charge in [-0.3, -0.25) is 0 Å². The maximum Gasteiger partial charge on any atom is 0.187 e. The highest BCUT2D eigenvalue weighted by Crippen LogP contribution is 2.32. The summed E-state index contributed by atoms with van der Waals surface area (Å²) in [6, 6.07) is 8.66. The molecule has 0 amide bonds. The molecular weight excluding hydrogens is 288 g/mol. The van der Waals surface area contributed by atoms with Crippen LogP contribution in [-0.4, -0.2) is 28.0 Å². The van der Waals surface area contributed by atoms with Gasteiger partial charge in [-0.25, -0.2) is 4.98 Å². The summed E-state index contributed by atoms with van der Waals surface area (Å²) in [6.07, 6.45) is 9.78. The van der Waals surface area contributed by atoms with Crippen LogP contribution < -0.4 is 0 Å². The Morgan fingerprint density at radius 1 is 1.39 bits per heavy atom. The molecule has 0 radical (unpaired) electrons. The number of nitrogens with zero attached hydrogens (tertiary/aromatic N) is 2. The second-order valence-corrected chi connectivity index (χ2v) is 6.47. The van der Waals surface area contributed by atoms with E-state index in [9.17, 15) is 0 Å². The second kappa shape index (κ2) is 7.28. The molecule has 2 atom stereocenters. The zero-order valence-corrected chi connectivity index (χ0v) is 14.1. The van der Waals surface area contributed by atoms with Crippen molar-refractivity contribution >= 4 is 0 Å². The Morgan fingerprint density at radius 2 is 2.30 bits per heavy atom. The fraction of sp³-hybridized carbons (Fsp3) is 0.526. The lowest BCUT2D eigenvalue weighted by molar-refractivity contribution is -0.182. The quantitative estimate of drug-likeness (QED) is 0.781. The summed E-state index contributed by atoms with van der Waals surface area (Å²) in [5.74, 6) is -0.537. The number of aryl methyl sites for hydroxylation is 2. The molecule has 124 valence electrons. The molecule has 0 N–H and O–H groups in total. The molecule has 1 aliphatic rings. The average molecular weight is 314 g/mol. The first-order valence-corrected chi connectivity index (χ1v) is 8.52. The minimum atomic E-state index is -0.537. The van der Waals surface area contributed by atoms with Gasteiger partial charge in [-0.2, -0.15) is 0 Å². The molecule has 0 aliphatic carbocycles. The first-order chi connectivity index (χ1) is 11.2. The molecule has 0 bridgehead atoms. The molecule has 0 spiro atoms. The van der Waals surface area contributed by atoms with E-state index < -0.39 is 5.79 Å². The fourth-order valence-electron chi connectivity index (χ4n) is 3.23. The van der Waals surface area contributed by atoms with Crippen molar-refractivity contribution < 1.29 is 9.47 Å². The number of benzene rings is 1. The Kier molecular flexibility index (Phi) is 5.13. The van der Waals surface area contributed by atoms with Gasteiger partial charge in [0.2, 0.25) is 0 Å². The minimum absolute atomic E-state index is 0.209. The number of hydrogen-bond acceptors (Lipinski definition) is 3. The lowest BCUT2D eigenvalue weighted by Crippen LogP contribution is -2.36. The Bertz CT molecular complexity index is 612. The minimum Gasteiger partial charge on any atom is -0.345 e. The number of imidazole rings is 1. The summed E-state index contributed by atoms with van der Waals surface area (Å²) >= 11 is 0. The maximum absolute atomic E-state index is 6.34. The molecule has 0 saturated carbocycles. The number of ether oxygens (including phenoxy) is 2. The molecule has 4 nitrogen and oxygen atoms in total. The molecule has 1 aliphatic heterocycles. The van der Waals surface area contributed by atoms with Crippen molar-refractivity contribution in [2.45, 2.75) is 58.0 Å². The van der Waals surface area contributed by atoms with Crippen molar-refractivity contribution in [1.29, 1.82) is 0 Å². The van der Waals surface area contributed by atoms with Gasteiger partial charge in [0.05, 0.1) is 25.6 Å². The average Bonchev–Trinajstić information content (AvgIpc) is 3.17. The van der Waals surface area contributed by atoms with E-state index >= 15 is 0 Å². The summed E-state index contributed by atoms with van der Waals surface area (Å²) in [5.41, 5.74) is 2.63. The molecule has 4 heteroatoms. The number of rotatable bonds is 7. The van der Waals surface area contributed by atoms with E-state index in [-0.39, 0.29) is 6.10 Å². The molecule has 3 rings (SSSR count). The Labute approximate surface area is 138 Å². The fourth-order valence-corrected chi connectivity index (χ4v) is 3.23. The van der Waals surface area contributed by atoms with Gasteiger partial charge in [-0.15, -0.1) is 0 Å². The van der Waals surface area contributed by atoms with Crippen LogP contribution >= 0.6 is 0 Å². The van der Waals surface area contributed by atoms with Crippen LogP contribution in [-0.2, 0) is 22.4 Å². The monoisotopic (exact) mass is 314 g/mol. The molecule has 1 aromatic heterocycles. The smallest absolute Gasteiger partial charge is 0.187 e. The van der Waals surface area contributed by atoms with E-state index in [0.29, 0.717) is 13.2 Å². The van der Waals surface area contributed by atoms with E-state index in [0.717, 1.165) is 25.7 Å². The summed E-state index contributed by atoms with van der Waals surface area (Å²) in [4.78, 5) is 4.13. The Hall–Kier alpha value is -1.65. The van der Waals surface area contributed by atoms with Crippen molar-refractivity contribution in [2.75, 3.05) is 6.61 Å². The third-order valence-corrected chi connectivity index (χ3v) is 4.38. The maximum atomic E-state index is 6.34. The third kappa shape index (κ3) is 4.21. The van der Waals surface area contributed by atoms with Crippen LogP contribution in [0, 0.1) is 6.92 Å². The van der Waals surface area contributed by atoms with E-state index in [1.165, 1.54) is 11.1 Å². The summed E-state index contributed by atoms with van der Waals surface area (Å²) in [7, 11) is 0. The van der Waals surface area contributed by atoms with Gasteiger partial charge in [0.15, 0.2) is 5.79 Å². The second-order valence-electron chi connectivity index (χ2n) is 6.47. The van der Waals surface area contributed by atoms with Gasteiger partial charge in [0, 0.05) is 18.8 Å². The van der Waals surface area contributed by atoms with Crippen molar-refractivity contribution in [2.24, 2.45) is 0 Å². The highest BCUT2D eigenvalue weighted by molar-refractivity contribution is 5.22. The Morgan fingerprint density at radius 3 is 3.04 bits per heavy atom. The first kappa shape index (κ1) is 16.2. The summed E-state index contributed by atoms with van der Waals surface area (Å²) in [6.45, 7) is 5.70. The van der Waals surface area contributed by atoms with Crippen LogP contribution in [0.5, 0.6) is 0 Å². The molecule has 1 saturated heterocycles. The van der Waals surface area contributed by atoms with Crippen LogP contribution in [0.25, 0.3) is 0 Å². The standard InChI is InChI=1S/C19H26N2O2/c1-3-5-18-13-22-19(23-18,14-21-11-10-20-15-21)9-8-17-7-4-6-16(2)12-17/h4,6-7,10-12,15,18H,3,5,8-9,13-14H2,1-2H3. The van der Waals surface area contributed by atoms with E-state index in [4.69, 9.17) is 9.47 Å². The van der Waals surface area contributed by atoms with Crippen LogP contribution in [0.4, 0.5) is 0 Å². The van der Waals surface area contributed by atoms with Crippen molar-refractivity contribution in [3.63, 3.8) is 0 Å². The van der Waals surface area contributed by atoms with E-state index in [1.54, 1.807) is 6.20 Å². The molecule has 1 aromatic carbocycles. The van der Waals surface area contributed by atoms with Crippen molar-refractivity contribution in [3.05, 3.63) is 54.1 Å². The van der Waals surface area contributed by atoms with Gasteiger partial charge < -0.3 is 14.0 Å². The lowest BCUT2D eigenvalue weighted by atomic mass is 10.0. The molecule has 1 fully saturated rings. The van der Waals surface area contributed by atoms with E-state index in [2.05, 4.69) is 43.1 Å². The zero-order chi connectivity index (χ0) is 16.1. The van der Waals surface area contributed by atoms with E-state index in [1.807, 2.05) is 17.1 Å². The van der Waals surface area contributed by atoms with Crippen LogP contribution in [0.1, 0.15) is 37.3 Å². The third-order valence-electron chi connectivity index (χ3n) is 4.38. The Balaban J connectivity index is 1.70. The van der Waals surface area contributed by atoms with Crippen LogP contribution in [0.2, 0.25) is 0 Å². The van der Waals surface area contributed by atoms with Gasteiger partial charge in [-0.1, -0.05) is 43.2 Å². The predicted molar refractivity (Wildman–Crippen MR) is 90.2 cm³/mol. The highest BCUT2D eigenvalue weighted by Gasteiger charge is 2.41. The highest BCUT2D eigenvalue weighted by atomic mass is 16.7. The van der Waals surface area contributed by atoms with Crippen molar-refractivity contribution in [3.8, 4) is 0 Å². The van der Waals surface area contributed by atoms with Crippen molar-refractivity contribution in [1.82, 2.24) is 9.55 Å². The number of aromatic nitrogens is 2. The zero-order valence-electron chi connectivity index (χ0n) is 14.1. The normalized spacial score (nSPS) is 24.2.